The van der Waals surface area contributed by atoms with Crippen molar-refractivity contribution in [3.05, 3.63) is 58.2 Å². The van der Waals surface area contributed by atoms with E-state index < -0.39 is 12.6 Å². The number of alkyl halides is 4. The van der Waals surface area contributed by atoms with Crippen LogP contribution in [0.4, 0.5) is 18.0 Å². The number of aliphatic hydroxyl groups is 1. The predicted octanol–water partition coefficient (Wildman–Crippen LogP) is 4.65. The van der Waals surface area contributed by atoms with Gasteiger partial charge >= 0.3 is 12.4 Å². The second kappa shape index (κ2) is 14.1. The van der Waals surface area contributed by atoms with Crippen molar-refractivity contribution in [2.24, 2.45) is 4.99 Å². The number of hydrogen-bond donors (Lipinski definition) is 3. The van der Waals surface area contributed by atoms with Gasteiger partial charge in [-0.15, -0.1) is 36.1 Å². The molecule has 0 aliphatic carbocycles. The number of urea groups is 1. The molecule has 3 aromatic rings. The van der Waals surface area contributed by atoms with Gasteiger partial charge in [0.1, 0.15) is 17.2 Å². The highest BCUT2D eigenvalue weighted by molar-refractivity contribution is 7.07. The smallest absolute Gasteiger partial charge is 0.497 e. The van der Waals surface area contributed by atoms with Gasteiger partial charge in [-0.2, -0.15) is 0 Å². The molecule has 0 spiro atoms. The predicted molar refractivity (Wildman–Crippen MR) is 141 cm³/mol. The second-order valence-corrected chi connectivity index (χ2v) is 9.18. The van der Waals surface area contributed by atoms with Crippen LogP contribution in [0.1, 0.15) is 18.2 Å². The lowest BCUT2D eigenvalue weighted by molar-refractivity contribution is -0.274. The van der Waals surface area contributed by atoms with E-state index in [0.717, 1.165) is 0 Å². The van der Waals surface area contributed by atoms with Crippen molar-refractivity contribution in [2.75, 3.05) is 33.2 Å². The number of halogens is 4. The molecule has 2 aromatic carbocycles. The Labute approximate surface area is 231 Å². The first-order valence-electron chi connectivity index (χ1n) is 11.7. The van der Waals surface area contributed by atoms with Crippen LogP contribution < -0.4 is 29.6 Å². The minimum atomic E-state index is -4.79. The molecule has 0 aliphatic heterocycles. The lowest BCUT2D eigenvalue weighted by Crippen LogP contribution is -2.37. The van der Waals surface area contributed by atoms with E-state index in [4.69, 9.17) is 21.1 Å². The molecular formula is C25H28ClF3N4O5S. The fourth-order valence-corrected chi connectivity index (χ4v) is 4.63. The number of rotatable bonds is 12. The molecule has 0 fully saturated rings. The van der Waals surface area contributed by atoms with Crippen LogP contribution in [0.2, 0.25) is 0 Å². The second-order valence-electron chi connectivity index (χ2n) is 7.96. The average Bonchev–Trinajstić information content (AvgIpc) is 3.30. The van der Waals surface area contributed by atoms with E-state index in [2.05, 4.69) is 20.4 Å². The number of hydrogen-bond acceptors (Lipinski definition) is 7. The molecule has 212 valence electrons. The van der Waals surface area contributed by atoms with Crippen molar-refractivity contribution in [3.8, 4) is 28.5 Å². The molecule has 3 rings (SSSR count). The summed E-state index contributed by atoms with van der Waals surface area (Å²) in [5.74, 6) is 0.894. The lowest BCUT2D eigenvalue weighted by atomic mass is 10.1. The van der Waals surface area contributed by atoms with Crippen LogP contribution >= 0.6 is 22.9 Å². The van der Waals surface area contributed by atoms with Crippen LogP contribution in [0.25, 0.3) is 11.3 Å². The van der Waals surface area contributed by atoms with Gasteiger partial charge in [0.2, 0.25) is 0 Å². The average molecular weight is 589 g/mol. The summed E-state index contributed by atoms with van der Waals surface area (Å²) in [6.07, 6.45) is -5.56. The molecule has 0 saturated heterocycles. The molecule has 9 nitrogen and oxygen atoms in total. The van der Waals surface area contributed by atoms with Gasteiger partial charge in [-0.25, -0.2) is 9.79 Å². The summed E-state index contributed by atoms with van der Waals surface area (Å²) < 4.78 is 54.1. The highest BCUT2D eigenvalue weighted by atomic mass is 35.5. The summed E-state index contributed by atoms with van der Waals surface area (Å²) in [5, 5.41) is 18.1. The number of carbonyl (C=O) groups is 1. The number of nitrogens with zero attached hydrogens (tertiary/aromatic N) is 2. The zero-order valence-electron chi connectivity index (χ0n) is 21.1. The number of ether oxygens (including phenoxy) is 3. The number of carbonyl (C=O) groups excluding carboxylic acids is 1. The van der Waals surface area contributed by atoms with Gasteiger partial charge in [0.25, 0.3) is 0 Å². The number of methoxy groups -OCH3 is 2. The summed E-state index contributed by atoms with van der Waals surface area (Å²) >= 11 is 6.83. The quantitative estimate of drug-likeness (QED) is 0.211. The summed E-state index contributed by atoms with van der Waals surface area (Å²) in [6.45, 7) is 1.06. The van der Waals surface area contributed by atoms with Crippen molar-refractivity contribution in [2.45, 2.75) is 25.6 Å². The van der Waals surface area contributed by atoms with Crippen molar-refractivity contribution >= 4 is 29.0 Å². The van der Waals surface area contributed by atoms with Gasteiger partial charge in [-0.3, -0.25) is 0 Å². The Morgan fingerprint density at radius 2 is 1.79 bits per heavy atom. The number of benzene rings is 2. The van der Waals surface area contributed by atoms with Gasteiger partial charge in [-0.05, 0) is 48.4 Å². The molecule has 1 unspecified atom stereocenters. The molecule has 1 aromatic heterocycles. The largest absolute Gasteiger partial charge is 0.573 e. The Balaban J connectivity index is 1.91. The highest BCUT2D eigenvalue weighted by Crippen LogP contribution is 2.31. The number of aliphatic hydroxyl groups excluding tert-OH is 1. The van der Waals surface area contributed by atoms with Gasteiger partial charge in [-0.1, -0.05) is 0 Å². The molecule has 0 aliphatic rings. The van der Waals surface area contributed by atoms with E-state index in [1.54, 1.807) is 23.6 Å². The minimum absolute atomic E-state index is 0.292. The fourth-order valence-electron chi connectivity index (χ4n) is 3.57. The third kappa shape index (κ3) is 8.80. The Kier molecular flexibility index (Phi) is 10.9. The van der Waals surface area contributed by atoms with E-state index in [-0.39, 0.29) is 11.8 Å². The first-order chi connectivity index (χ1) is 18.6. The number of thiazole rings is 1. The molecule has 39 heavy (non-hydrogen) atoms. The summed E-state index contributed by atoms with van der Waals surface area (Å²) in [4.78, 5) is 16.8. The molecule has 0 radical (unpaired) electrons. The topological polar surface area (TPSA) is 106 Å². The number of aromatic nitrogens is 1. The Morgan fingerprint density at radius 3 is 2.44 bits per heavy atom. The molecule has 14 heteroatoms. The fraction of sp³-hybridized carbons (Fsp3) is 0.360. The summed E-state index contributed by atoms with van der Waals surface area (Å²) in [7, 11) is 2.99. The molecule has 1 heterocycles. The highest BCUT2D eigenvalue weighted by Gasteiger charge is 2.31. The van der Waals surface area contributed by atoms with Crippen molar-refractivity contribution in [1.29, 1.82) is 0 Å². The van der Waals surface area contributed by atoms with Crippen LogP contribution in [-0.2, 0) is 6.54 Å². The maximum absolute atomic E-state index is 12.6. The van der Waals surface area contributed by atoms with Gasteiger partial charge < -0.3 is 34.5 Å². The van der Waals surface area contributed by atoms with Crippen molar-refractivity contribution in [3.63, 3.8) is 0 Å². The van der Waals surface area contributed by atoms with Gasteiger partial charge in [0.15, 0.2) is 11.0 Å². The third-order valence-corrected chi connectivity index (χ3v) is 6.42. The SMILES string of the molecule is COc1ccc(C(O)N=c2scc(-c3ccc(OC(F)(F)F)cc3)n2CCCNC(=O)NCCCl)c(OC)c1. The molecule has 0 bridgehead atoms. The van der Waals surface area contributed by atoms with Crippen LogP contribution in [0.15, 0.2) is 52.8 Å². The summed E-state index contributed by atoms with van der Waals surface area (Å²) in [6, 6.07) is 10.1. The standard InChI is InChI=1S/C25H28ClF3N4O5S/c1-36-18-8-9-19(21(14-18)37-2)22(34)32-24-33(13-3-11-30-23(35)31-12-10-26)20(15-39-24)16-4-6-17(7-5-16)38-25(27,28)29/h4-9,14-15,22,34H,3,10-13H2,1-2H3,(H2,30,31,35). The maximum atomic E-state index is 12.6. The number of amides is 2. The lowest BCUT2D eigenvalue weighted by Gasteiger charge is -2.14. The van der Waals surface area contributed by atoms with E-state index in [1.165, 1.54) is 49.8 Å². The number of nitrogens with one attached hydrogen (secondary N) is 2. The van der Waals surface area contributed by atoms with Crippen LogP contribution in [0.3, 0.4) is 0 Å². The minimum Gasteiger partial charge on any atom is -0.497 e. The molecule has 0 saturated carbocycles. The zero-order chi connectivity index (χ0) is 28.4. The zero-order valence-corrected chi connectivity index (χ0v) is 22.7. The van der Waals surface area contributed by atoms with Crippen molar-refractivity contribution < 1.29 is 37.3 Å². The summed E-state index contributed by atoms with van der Waals surface area (Å²) in [5.41, 5.74) is 1.70. The maximum Gasteiger partial charge on any atom is 0.573 e. The molecule has 1 atom stereocenters. The van der Waals surface area contributed by atoms with Crippen LogP contribution in [-0.4, -0.2) is 55.3 Å². The van der Waals surface area contributed by atoms with Crippen LogP contribution in [0, 0.1) is 0 Å². The molecular weight excluding hydrogens is 561 g/mol. The van der Waals surface area contributed by atoms with Gasteiger partial charge in [0.05, 0.1) is 19.9 Å². The Hall–Kier alpha value is -3.42. The first kappa shape index (κ1) is 30.1. The van der Waals surface area contributed by atoms with E-state index >= 15 is 0 Å². The molecule has 2 amide bonds. The first-order valence-corrected chi connectivity index (χ1v) is 13.1. The normalized spacial score (nSPS) is 12.6. The molecule has 3 N–H and O–H groups in total. The third-order valence-electron chi connectivity index (χ3n) is 5.36. The van der Waals surface area contributed by atoms with E-state index in [1.807, 2.05) is 4.57 Å². The monoisotopic (exact) mass is 588 g/mol. The Bertz CT molecular complexity index is 1300. The van der Waals surface area contributed by atoms with E-state index in [9.17, 15) is 23.1 Å². The van der Waals surface area contributed by atoms with Crippen molar-refractivity contribution in [1.82, 2.24) is 15.2 Å². The van der Waals surface area contributed by atoms with Gasteiger partial charge in [0, 0.05) is 42.5 Å². The van der Waals surface area contributed by atoms with Crippen LogP contribution in [0.5, 0.6) is 17.2 Å². The van der Waals surface area contributed by atoms with E-state index in [0.29, 0.717) is 65.1 Å². The Morgan fingerprint density at radius 1 is 1.10 bits per heavy atom.